The molecule has 3 aliphatic carbocycles. The van der Waals surface area contributed by atoms with Gasteiger partial charge in [0.1, 0.15) is 35.3 Å². The second-order valence-electron chi connectivity index (χ2n) is 35.5. The fourth-order valence-electron chi connectivity index (χ4n) is 21.1. The molecule has 0 saturated heterocycles. The van der Waals surface area contributed by atoms with Crippen molar-refractivity contribution in [3.8, 4) is 135 Å². The first-order valence-electron chi connectivity index (χ1n) is 44.0. The van der Waals surface area contributed by atoms with Crippen LogP contribution in [0.4, 0.5) is 17.1 Å². The van der Waals surface area contributed by atoms with Crippen molar-refractivity contribution in [2.45, 2.75) is 57.8 Å². The number of aromatic nitrogens is 6. The topological polar surface area (TPSA) is 138 Å². The van der Waals surface area contributed by atoms with Crippen molar-refractivity contribution < 1.29 is 0 Å². The fourth-order valence-corrected chi connectivity index (χ4v) is 21.1. The molecule has 24 rings (SSSR count). The van der Waals surface area contributed by atoms with Crippen molar-refractivity contribution in [3.05, 3.63) is 449 Å². The van der Waals surface area contributed by atoms with Crippen LogP contribution in [0.15, 0.2) is 364 Å². The zero-order chi connectivity index (χ0) is 90.0. The van der Waals surface area contributed by atoms with E-state index in [2.05, 4.69) is 285 Å². The van der Waals surface area contributed by atoms with Crippen LogP contribution in [0.1, 0.15) is 92.0 Å². The molecule has 618 valence electrons. The number of fused-ring (bicyclic) bond motifs is 20. The molecule has 0 atom stereocenters. The zero-order valence-corrected chi connectivity index (χ0v) is 73.0. The maximum atomic E-state index is 9.95. The minimum atomic E-state index is -0.221. The lowest BCUT2D eigenvalue weighted by Crippen LogP contribution is -2.16. The quantitative estimate of drug-likeness (QED) is 0.132. The van der Waals surface area contributed by atoms with Gasteiger partial charge in [-0.3, -0.25) is 0 Å². The SMILES string of the molecule is [C-]#[N+]c1cc(-c2cc(-c3ccccc3)cnc2C#N)ccc1-n1c2ccccc2c2cc3c(cc21)C(C)(C)c1ccccc1-3.[C-]#[N+]c1cc(-c2cc(-c3ccccc3)cnc2C#N)ccc1-n1c2ccccc2c2ccc3c(c21)-c1ccccc1C3(C)C.[C-]#[N+]c1cc(-c2cc(-c3ccccc3)cnc2C#N)ccc1-n1c2ccccc2c2ccc3c(c21)C(C)(C)c1ccccc1-3. The normalized spacial score (nSPS) is 12.9. The highest BCUT2D eigenvalue weighted by Crippen LogP contribution is 2.57. The Hall–Kier alpha value is -17.9. The van der Waals surface area contributed by atoms with Gasteiger partial charge in [0.2, 0.25) is 17.1 Å². The van der Waals surface area contributed by atoms with E-state index in [0.717, 1.165) is 116 Å². The molecule has 21 aromatic rings. The molecule has 0 fully saturated rings. The molecule has 15 aromatic carbocycles. The Labute approximate surface area is 764 Å². The highest BCUT2D eigenvalue weighted by molar-refractivity contribution is 6.18. The molecule has 0 aliphatic heterocycles. The first kappa shape index (κ1) is 80.0. The summed E-state index contributed by atoms with van der Waals surface area (Å²) < 4.78 is 6.77. The van der Waals surface area contributed by atoms with E-state index in [1.807, 2.05) is 164 Å². The van der Waals surface area contributed by atoms with Gasteiger partial charge >= 0.3 is 0 Å². The van der Waals surface area contributed by atoms with Crippen LogP contribution in [0.3, 0.4) is 0 Å². The Morgan fingerprint density at radius 3 is 1.06 bits per heavy atom. The van der Waals surface area contributed by atoms with Crippen molar-refractivity contribution in [3.63, 3.8) is 0 Å². The molecule has 0 unspecified atom stereocenters. The lowest BCUT2D eigenvalue weighted by Gasteiger charge is -2.24. The highest BCUT2D eigenvalue weighted by atomic mass is 15.0. The van der Waals surface area contributed by atoms with E-state index in [1.165, 1.54) is 82.9 Å². The summed E-state index contributed by atoms with van der Waals surface area (Å²) in [6.45, 7) is 38.6. The molecule has 0 amide bonds. The Bertz CT molecular complexity index is 8740. The monoisotopic (exact) mass is 1690 g/mol. The Kier molecular flexibility index (Phi) is 19.0. The first-order chi connectivity index (χ1) is 64.5. The van der Waals surface area contributed by atoms with E-state index >= 15 is 0 Å². The molecule has 132 heavy (non-hydrogen) atoms. The van der Waals surface area contributed by atoms with Crippen LogP contribution in [-0.4, -0.2) is 28.7 Å². The van der Waals surface area contributed by atoms with Crippen LogP contribution >= 0.6 is 0 Å². The largest absolute Gasteiger partial charge is 0.319 e. The lowest BCUT2D eigenvalue weighted by molar-refractivity contribution is 0.660. The smallest absolute Gasteiger partial charge is 0.211 e. The average Bonchev–Trinajstić information content (AvgIpc) is 1.52. The zero-order valence-electron chi connectivity index (χ0n) is 73.0. The molecule has 12 heteroatoms. The first-order valence-corrected chi connectivity index (χ1v) is 44.0. The molecule has 6 aromatic heterocycles. The molecule has 6 heterocycles. The number of benzene rings is 15. The molecule has 0 bridgehead atoms. The standard InChI is InChI=1S/3C40H26N4/c1-40(2)32-15-9-7-14-30(32)38-33(40)19-18-29-28-13-8-10-16-36(28)44(39(29)38)37-20-17-26(22-34(37)42-3)31-21-27(24-43-35(31)23-41)25-11-5-4-6-12-25;1-40(2)33-15-9-7-13-28(33)30-18-19-31-29-14-8-10-16-36(29)44(39(31)38(30)40)37-20-17-26(22-34(37)42-3)32-21-27(24-43-35(32)23-41)25-11-5-4-6-12-25;1-40(2)33-15-9-7-13-28(33)31-21-32-29-14-8-10-16-37(29)44(39(32)22-34(31)40)38-18-17-26(20-35(38)42-3)30-19-27(24-43-36(30)23-41)25-11-5-4-6-12-25/h3*4-22,24H,1-2H3. The third kappa shape index (κ3) is 12.5. The third-order valence-electron chi connectivity index (χ3n) is 27.4. The van der Waals surface area contributed by atoms with E-state index in [9.17, 15) is 15.8 Å². The second kappa shape index (κ2) is 31.3. The molecular weight excluding hydrogens is 1610 g/mol. The van der Waals surface area contributed by atoms with Gasteiger partial charge in [-0.2, -0.15) is 15.8 Å². The maximum absolute atomic E-state index is 9.95. The van der Waals surface area contributed by atoms with Gasteiger partial charge in [0.15, 0.2) is 0 Å². The van der Waals surface area contributed by atoms with Gasteiger partial charge in [-0.05, 0) is 180 Å². The van der Waals surface area contributed by atoms with Crippen molar-refractivity contribution in [2.75, 3.05) is 0 Å². The summed E-state index contributed by atoms with van der Waals surface area (Å²) in [7, 11) is 0. The van der Waals surface area contributed by atoms with Gasteiger partial charge in [0.05, 0.1) is 69.9 Å². The van der Waals surface area contributed by atoms with Gasteiger partial charge in [0, 0.05) is 106 Å². The second-order valence-corrected chi connectivity index (χ2v) is 35.5. The van der Waals surface area contributed by atoms with E-state index in [0.29, 0.717) is 50.8 Å². The lowest BCUT2D eigenvalue weighted by atomic mass is 9.81. The summed E-state index contributed by atoms with van der Waals surface area (Å²) in [6, 6.07) is 126. The summed E-state index contributed by atoms with van der Waals surface area (Å²) in [6.07, 6.45) is 5.21. The molecule has 0 saturated carbocycles. The minimum absolute atomic E-state index is 0.141. The molecule has 12 nitrogen and oxygen atoms in total. The summed E-state index contributed by atoms with van der Waals surface area (Å²) in [5.74, 6) is 0. The van der Waals surface area contributed by atoms with Gasteiger partial charge < -0.3 is 13.7 Å². The predicted molar refractivity (Wildman–Crippen MR) is 534 cm³/mol. The highest BCUT2D eigenvalue weighted by Gasteiger charge is 2.41. The number of hydrogen-bond acceptors (Lipinski definition) is 6. The molecular formula is C120H78N12. The number of pyridine rings is 3. The van der Waals surface area contributed by atoms with Gasteiger partial charge in [-0.15, -0.1) is 0 Å². The minimum Gasteiger partial charge on any atom is -0.319 e. The van der Waals surface area contributed by atoms with Crippen molar-refractivity contribution >= 4 is 82.5 Å². The summed E-state index contributed by atoms with van der Waals surface area (Å²) in [5, 5.41) is 36.8. The summed E-state index contributed by atoms with van der Waals surface area (Å²) in [5.41, 5.74) is 36.7. The fraction of sp³-hybridized carbons (Fsp3) is 0.0750. The molecule has 0 radical (unpaired) electrons. The van der Waals surface area contributed by atoms with Crippen molar-refractivity contribution in [1.29, 1.82) is 15.8 Å². The predicted octanol–water partition coefficient (Wildman–Crippen LogP) is 30.7. The van der Waals surface area contributed by atoms with Crippen LogP contribution in [0, 0.1) is 53.7 Å². The summed E-state index contributed by atoms with van der Waals surface area (Å²) >= 11 is 0. The number of para-hydroxylation sites is 3. The van der Waals surface area contributed by atoms with E-state index < -0.39 is 0 Å². The molecule has 0 N–H and O–H groups in total. The van der Waals surface area contributed by atoms with Gasteiger partial charge in [-0.25, -0.2) is 29.5 Å². The van der Waals surface area contributed by atoms with E-state index in [-0.39, 0.29) is 16.2 Å². The number of rotatable bonds is 9. The molecule has 0 spiro atoms. The van der Waals surface area contributed by atoms with Gasteiger partial charge in [-0.1, -0.05) is 302 Å². The summed E-state index contributed by atoms with van der Waals surface area (Å²) in [4.78, 5) is 25.6. The van der Waals surface area contributed by atoms with Crippen molar-refractivity contribution in [1.82, 2.24) is 28.7 Å². The average molecular weight is 1690 g/mol. The van der Waals surface area contributed by atoms with Crippen molar-refractivity contribution in [2.24, 2.45) is 0 Å². The Balaban J connectivity index is 0.000000116. The number of nitrogens with zero attached hydrogens (tertiary/aromatic N) is 12. The number of nitriles is 3. The molecule has 3 aliphatic rings. The Morgan fingerprint density at radius 2 is 0.606 bits per heavy atom. The van der Waals surface area contributed by atoms with E-state index in [1.54, 1.807) is 18.6 Å². The van der Waals surface area contributed by atoms with Crippen LogP contribution in [0.5, 0.6) is 0 Å². The Morgan fingerprint density at radius 1 is 0.250 bits per heavy atom. The van der Waals surface area contributed by atoms with Gasteiger partial charge in [0.25, 0.3) is 0 Å². The number of hydrogen-bond donors (Lipinski definition) is 0. The van der Waals surface area contributed by atoms with Crippen LogP contribution in [0.25, 0.3) is 197 Å². The van der Waals surface area contributed by atoms with Crippen LogP contribution in [0.2, 0.25) is 0 Å². The maximum Gasteiger partial charge on any atom is 0.211 e. The van der Waals surface area contributed by atoms with E-state index in [4.69, 9.17) is 19.7 Å². The van der Waals surface area contributed by atoms with Crippen LogP contribution < -0.4 is 0 Å². The third-order valence-corrected chi connectivity index (χ3v) is 27.4. The van der Waals surface area contributed by atoms with Crippen LogP contribution in [-0.2, 0) is 16.2 Å².